The summed E-state index contributed by atoms with van der Waals surface area (Å²) in [7, 11) is 0. The molecule has 6 heteroatoms. The molecule has 0 N–H and O–H groups in total. The number of fused-ring (bicyclic) bond motifs is 9. The standard InChI is InChI=1S/C57H40N4O2/c1-4-14-35(15-5-1)37-27-30-49-46(32-37)43-29-26-39(34-52(43)63-49)56-58-55(36-16-6-2-7-17-36)59-57(60-56)45-23-13-25-51-53(45)47-33-38(28-31-50(47)62-51)41-21-12-22-44-42-20-10-11-24-48(42)61(54(41)44)40-18-8-3-9-19-40/h1-32,34,38,41-42,48,54H,33H2. The van der Waals surface area contributed by atoms with E-state index in [0.29, 0.717) is 23.4 Å². The minimum absolute atomic E-state index is 0.225. The van der Waals surface area contributed by atoms with Crippen molar-refractivity contribution in [3.8, 4) is 45.3 Å². The van der Waals surface area contributed by atoms with Gasteiger partial charge in [0.1, 0.15) is 22.5 Å². The number of furan rings is 2. The molecule has 4 heterocycles. The van der Waals surface area contributed by atoms with Crippen LogP contribution in [0.1, 0.15) is 11.3 Å². The average molecular weight is 813 g/mol. The molecule has 0 bridgehead atoms. The molecule has 9 aromatic rings. The van der Waals surface area contributed by atoms with Crippen molar-refractivity contribution in [2.45, 2.75) is 18.5 Å². The minimum atomic E-state index is 0.225. The fourth-order valence-electron chi connectivity index (χ4n) is 10.6. The van der Waals surface area contributed by atoms with E-state index >= 15 is 0 Å². The zero-order chi connectivity index (χ0) is 41.4. The van der Waals surface area contributed by atoms with Gasteiger partial charge in [0.25, 0.3) is 0 Å². The lowest BCUT2D eigenvalue weighted by atomic mass is 9.73. The molecule has 0 radical (unpaired) electrons. The Bertz CT molecular complexity index is 3410. The lowest BCUT2D eigenvalue weighted by molar-refractivity contribution is 0.411. The fourth-order valence-corrected chi connectivity index (χ4v) is 10.6. The summed E-state index contributed by atoms with van der Waals surface area (Å²) in [4.78, 5) is 18.2. The molecule has 0 saturated carbocycles. The van der Waals surface area contributed by atoms with Gasteiger partial charge in [0, 0.05) is 55.9 Å². The third kappa shape index (κ3) is 5.89. The van der Waals surface area contributed by atoms with Gasteiger partial charge in [0.05, 0.1) is 12.1 Å². The number of aromatic nitrogens is 3. The third-order valence-corrected chi connectivity index (χ3v) is 13.5. The van der Waals surface area contributed by atoms with E-state index in [1.54, 1.807) is 0 Å². The second-order valence-corrected chi connectivity index (χ2v) is 17.0. The monoisotopic (exact) mass is 812 g/mol. The smallest absolute Gasteiger partial charge is 0.164 e. The van der Waals surface area contributed by atoms with Gasteiger partial charge in [0.2, 0.25) is 0 Å². The maximum absolute atomic E-state index is 6.66. The second-order valence-electron chi connectivity index (χ2n) is 17.0. The average Bonchev–Trinajstić information content (AvgIpc) is 4.03. The molecule has 3 aromatic heterocycles. The molecule has 6 nitrogen and oxygen atoms in total. The van der Waals surface area contributed by atoms with Crippen LogP contribution >= 0.6 is 0 Å². The van der Waals surface area contributed by atoms with Gasteiger partial charge >= 0.3 is 0 Å². The summed E-state index contributed by atoms with van der Waals surface area (Å²) in [5.41, 5.74) is 11.4. The van der Waals surface area contributed by atoms with Gasteiger partial charge in [-0.1, -0.05) is 152 Å². The molecule has 5 atom stereocenters. The van der Waals surface area contributed by atoms with Crippen molar-refractivity contribution in [2.24, 2.45) is 17.8 Å². The van der Waals surface area contributed by atoms with Gasteiger partial charge < -0.3 is 13.7 Å². The summed E-state index contributed by atoms with van der Waals surface area (Å²) < 4.78 is 13.1. The van der Waals surface area contributed by atoms with Crippen LogP contribution in [0.5, 0.6) is 0 Å². The van der Waals surface area contributed by atoms with Crippen molar-refractivity contribution in [3.05, 3.63) is 211 Å². The zero-order valence-corrected chi connectivity index (χ0v) is 34.3. The van der Waals surface area contributed by atoms with Crippen LogP contribution in [0.15, 0.2) is 209 Å². The molecule has 6 aromatic carbocycles. The van der Waals surface area contributed by atoms with Crippen molar-refractivity contribution >= 4 is 44.7 Å². The van der Waals surface area contributed by atoms with Crippen molar-refractivity contribution in [1.82, 2.24) is 15.0 Å². The molecule has 1 aliphatic heterocycles. The highest BCUT2D eigenvalue weighted by Gasteiger charge is 2.48. The van der Waals surface area contributed by atoms with Crippen LogP contribution in [-0.2, 0) is 6.42 Å². The Morgan fingerprint density at radius 3 is 2.11 bits per heavy atom. The molecule has 300 valence electrons. The van der Waals surface area contributed by atoms with E-state index in [-0.39, 0.29) is 23.9 Å². The van der Waals surface area contributed by atoms with Gasteiger partial charge in [-0.3, -0.25) is 0 Å². The SMILES string of the molecule is C1=CC2C3=CC=CC(C4C=Cc5oc6cccc(-c7nc(-c8ccccc8)nc(-c8ccc9c(c8)oc8ccc(-c%10ccccc%10)cc89)n7)c6c5C4)C3N(c3ccccc3)C2C=C1. The van der Waals surface area contributed by atoms with Crippen LogP contribution in [0.25, 0.3) is 84.3 Å². The third-order valence-electron chi connectivity index (χ3n) is 13.5. The first-order valence-electron chi connectivity index (χ1n) is 21.9. The highest BCUT2D eigenvalue weighted by atomic mass is 16.3. The zero-order valence-electron chi connectivity index (χ0n) is 34.3. The fraction of sp³-hybridized carbons (Fsp3) is 0.105. The normalized spacial score (nSPS) is 20.9. The summed E-state index contributed by atoms with van der Waals surface area (Å²) in [6.45, 7) is 0. The van der Waals surface area contributed by atoms with Gasteiger partial charge in [-0.05, 0) is 77.6 Å². The summed E-state index contributed by atoms with van der Waals surface area (Å²) in [5.74, 6) is 3.53. The lowest BCUT2D eigenvalue weighted by Gasteiger charge is -2.39. The quantitative estimate of drug-likeness (QED) is 0.167. The first-order valence-corrected chi connectivity index (χ1v) is 21.9. The van der Waals surface area contributed by atoms with Gasteiger partial charge in [-0.2, -0.15) is 0 Å². The summed E-state index contributed by atoms with van der Waals surface area (Å²) in [6, 6.07) is 51.0. The Morgan fingerprint density at radius 1 is 0.524 bits per heavy atom. The summed E-state index contributed by atoms with van der Waals surface area (Å²) >= 11 is 0. The highest BCUT2D eigenvalue weighted by molar-refractivity contribution is 6.07. The Morgan fingerprint density at radius 2 is 1.27 bits per heavy atom. The number of anilines is 1. The Kier molecular flexibility index (Phi) is 8.19. The number of allylic oxidation sites excluding steroid dienone is 5. The number of nitrogens with zero attached hydrogens (tertiary/aromatic N) is 4. The van der Waals surface area contributed by atoms with Gasteiger partial charge in [0.15, 0.2) is 17.5 Å². The number of para-hydroxylation sites is 1. The number of hydrogen-bond acceptors (Lipinski definition) is 6. The maximum Gasteiger partial charge on any atom is 0.164 e. The number of hydrogen-bond donors (Lipinski definition) is 0. The summed E-state index contributed by atoms with van der Waals surface area (Å²) in [5, 5.41) is 3.18. The van der Waals surface area contributed by atoms with E-state index in [0.717, 1.165) is 67.3 Å². The maximum atomic E-state index is 6.66. The van der Waals surface area contributed by atoms with E-state index < -0.39 is 0 Å². The van der Waals surface area contributed by atoms with Gasteiger partial charge in [-0.25, -0.2) is 15.0 Å². The number of rotatable bonds is 6. The molecule has 5 unspecified atom stereocenters. The molecule has 0 amide bonds. The Balaban J connectivity index is 0.906. The van der Waals surface area contributed by atoms with Crippen molar-refractivity contribution in [2.75, 3.05) is 4.90 Å². The van der Waals surface area contributed by atoms with Crippen LogP contribution in [0.2, 0.25) is 0 Å². The van der Waals surface area contributed by atoms with Crippen molar-refractivity contribution in [3.63, 3.8) is 0 Å². The molecule has 1 fully saturated rings. The Hall–Kier alpha value is -7.83. The largest absolute Gasteiger partial charge is 0.456 e. The lowest BCUT2D eigenvalue weighted by Crippen LogP contribution is -2.43. The predicted octanol–water partition coefficient (Wildman–Crippen LogP) is 13.5. The first-order chi connectivity index (χ1) is 31.2. The van der Waals surface area contributed by atoms with Crippen LogP contribution in [-0.4, -0.2) is 27.0 Å². The molecule has 0 spiro atoms. The molecule has 4 aliphatic rings. The number of benzene rings is 6. The van der Waals surface area contributed by atoms with Crippen molar-refractivity contribution < 1.29 is 8.83 Å². The van der Waals surface area contributed by atoms with E-state index in [9.17, 15) is 0 Å². The van der Waals surface area contributed by atoms with Gasteiger partial charge in [-0.15, -0.1) is 0 Å². The van der Waals surface area contributed by atoms with E-state index in [1.165, 1.54) is 22.4 Å². The Labute approximate surface area is 364 Å². The van der Waals surface area contributed by atoms with E-state index in [4.69, 9.17) is 23.8 Å². The molecule has 3 aliphatic carbocycles. The topological polar surface area (TPSA) is 68.2 Å². The van der Waals surface area contributed by atoms with E-state index in [2.05, 4.69) is 175 Å². The van der Waals surface area contributed by atoms with Crippen LogP contribution in [0.3, 0.4) is 0 Å². The second kappa shape index (κ2) is 14.4. The first kappa shape index (κ1) is 35.9. The summed E-state index contributed by atoms with van der Waals surface area (Å²) in [6.07, 6.45) is 21.7. The molecular formula is C57H40N4O2. The van der Waals surface area contributed by atoms with Crippen LogP contribution < -0.4 is 4.90 Å². The van der Waals surface area contributed by atoms with Crippen molar-refractivity contribution in [1.29, 1.82) is 0 Å². The molecule has 63 heavy (non-hydrogen) atoms. The van der Waals surface area contributed by atoms with Crippen LogP contribution in [0, 0.1) is 17.8 Å². The van der Waals surface area contributed by atoms with E-state index in [1.807, 2.05) is 30.3 Å². The molecule has 1 saturated heterocycles. The predicted molar refractivity (Wildman–Crippen MR) is 254 cm³/mol. The molecular weight excluding hydrogens is 773 g/mol. The van der Waals surface area contributed by atoms with Crippen LogP contribution in [0.4, 0.5) is 5.69 Å². The minimum Gasteiger partial charge on any atom is -0.456 e. The highest BCUT2D eigenvalue weighted by Crippen LogP contribution is 2.50. The molecule has 13 rings (SSSR count).